The number of nitrogen functional groups attached to an aromatic ring is 2. The molecule has 8 nitrogen and oxygen atoms in total. The Bertz CT molecular complexity index is 1480. The molecular formula is C29H37FN4O4. The Morgan fingerprint density at radius 2 is 1.24 bits per heavy atom. The lowest BCUT2D eigenvalue weighted by Crippen LogP contribution is -2.36. The van der Waals surface area contributed by atoms with Crippen LogP contribution in [0.25, 0.3) is 0 Å². The van der Waals surface area contributed by atoms with Crippen molar-refractivity contribution in [1.29, 1.82) is 0 Å². The van der Waals surface area contributed by atoms with Gasteiger partial charge in [0.25, 0.3) is 21.7 Å². The largest absolute Gasteiger partial charge is 0.394 e. The fourth-order valence-electron chi connectivity index (χ4n) is 3.30. The van der Waals surface area contributed by atoms with Gasteiger partial charge in [0.1, 0.15) is 28.6 Å². The number of benzene rings is 2. The van der Waals surface area contributed by atoms with E-state index in [4.69, 9.17) is 11.5 Å². The number of hydrogen-bond acceptors (Lipinski definition) is 8. The van der Waals surface area contributed by atoms with Gasteiger partial charge in [-0.15, -0.1) is 0 Å². The third kappa shape index (κ3) is 7.38. The lowest BCUT2D eigenvalue weighted by molar-refractivity contribution is 0.612. The summed E-state index contributed by atoms with van der Waals surface area (Å²) in [7, 11) is 0. The van der Waals surface area contributed by atoms with Crippen molar-refractivity contribution in [1.82, 2.24) is 0 Å². The molecule has 0 atom stereocenters. The Hall–Kier alpha value is -4.27. The normalized spacial score (nSPS) is 9.87. The molecule has 0 aromatic heterocycles. The van der Waals surface area contributed by atoms with Crippen LogP contribution in [0.15, 0.2) is 61.6 Å². The van der Waals surface area contributed by atoms with Crippen LogP contribution in [0.5, 0.6) is 0 Å². The van der Waals surface area contributed by atoms with Crippen molar-refractivity contribution in [3.05, 3.63) is 106 Å². The molecule has 0 aliphatic heterocycles. The molecule has 0 aliphatic carbocycles. The summed E-state index contributed by atoms with van der Waals surface area (Å²) in [6, 6.07) is 12.5. The summed E-state index contributed by atoms with van der Waals surface area (Å²) in [5.41, 5.74) is 11.9. The molecule has 4 rings (SSSR count). The van der Waals surface area contributed by atoms with Crippen molar-refractivity contribution in [2.24, 2.45) is 0 Å². The van der Waals surface area contributed by atoms with Gasteiger partial charge in [0, 0.05) is 17.8 Å². The van der Waals surface area contributed by atoms with Crippen LogP contribution in [0.1, 0.15) is 58.2 Å². The topological polar surface area (TPSA) is 144 Å². The lowest BCUT2D eigenvalue weighted by Gasteiger charge is -2.11. The van der Waals surface area contributed by atoms with E-state index in [9.17, 15) is 23.6 Å². The van der Waals surface area contributed by atoms with E-state index in [-0.39, 0.29) is 35.1 Å². The van der Waals surface area contributed by atoms with Gasteiger partial charge in [-0.05, 0) is 42.2 Å². The first-order valence-electron chi connectivity index (χ1n) is 12.7. The lowest BCUT2D eigenvalue weighted by atomic mass is 10.1. The Labute approximate surface area is 221 Å². The highest BCUT2D eigenvalue weighted by molar-refractivity contribution is 5.76. The minimum absolute atomic E-state index is 0.0203. The second kappa shape index (κ2) is 15.1. The molecule has 38 heavy (non-hydrogen) atoms. The van der Waals surface area contributed by atoms with Crippen molar-refractivity contribution >= 4 is 28.4 Å². The molecule has 0 heterocycles. The molecule has 0 aliphatic rings. The van der Waals surface area contributed by atoms with Gasteiger partial charge in [0.15, 0.2) is 0 Å². The van der Waals surface area contributed by atoms with Crippen LogP contribution in [0.2, 0.25) is 0 Å². The van der Waals surface area contributed by atoms with E-state index < -0.39 is 21.7 Å². The zero-order chi connectivity index (χ0) is 29.0. The van der Waals surface area contributed by atoms with Gasteiger partial charge in [-0.2, -0.15) is 0 Å². The molecular weight excluding hydrogens is 487 g/mol. The van der Waals surface area contributed by atoms with E-state index in [0.717, 1.165) is 29.7 Å². The van der Waals surface area contributed by atoms with Gasteiger partial charge >= 0.3 is 0 Å². The molecule has 9 heteroatoms. The molecule has 0 saturated carbocycles. The van der Waals surface area contributed by atoms with Crippen LogP contribution < -0.4 is 43.8 Å². The van der Waals surface area contributed by atoms with Crippen LogP contribution >= 0.6 is 0 Å². The van der Waals surface area contributed by atoms with E-state index in [0.29, 0.717) is 5.56 Å². The maximum atomic E-state index is 13.5. The molecule has 0 spiro atoms. The van der Waals surface area contributed by atoms with Crippen molar-refractivity contribution < 1.29 is 4.39 Å². The van der Waals surface area contributed by atoms with Crippen LogP contribution in [-0.4, -0.2) is 0 Å². The predicted molar refractivity (Wildman–Crippen MR) is 156 cm³/mol. The minimum Gasteiger partial charge on any atom is -0.394 e. The Morgan fingerprint density at radius 3 is 1.76 bits per heavy atom. The Balaban J connectivity index is 0.000000338. The first kappa shape index (κ1) is 31.8. The highest BCUT2D eigenvalue weighted by atomic mass is 19.1. The van der Waals surface area contributed by atoms with Gasteiger partial charge in [-0.1, -0.05) is 65.8 Å². The quantitative estimate of drug-likeness (QED) is 0.260. The van der Waals surface area contributed by atoms with E-state index in [1.54, 1.807) is 12.1 Å². The maximum absolute atomic E-state index is 13.5. The molecule has 4 aromatic rings. The van der Waals surface area contributed by atoms with Crippen molar-refractivity contribution in [2.45, 2.75) is 60.9 Å². The van der Waals surface area contributed by atoms with Crippen molar-refractivity contribution in [2.75, 3.05) is 22.1 Å². The van der Waals surface area contributed by atoms with E-state index in [1.165, 1.54) is 6.07 Å². The third-order valence-corrected chi connectivity index (χ3v) is 5.47. The minimum atomic E-state index is -0.680. The van der Waals surface area contributed by atoms with E-state index in [2.05, 4.69) is 10.6 Å². The average molecular weight is 525 g/mol. The molecule has 0 fully saturated rings. The maximum Gasteiger partial charge on any atom is 0.253 e. The zero-order valence-corrected chi connectivity index (χ0v) is 22.8. The number of nitrogens with two attached hydrogens (primary N) is 2. The molecule has 0 bridgehead atoms. The van der Waals surface area contributed by atoms with E-state index >= 15 is 0 Å². The van der Waals surface area contributed by atoms with E-state index in [1.807, 2.05) is 65.8 Å². The second-order valence-electron chi connectivity index (χ2n) is 7.71. The van der Waals surface area contributed by atoms with Crippen LogP contribution in [0, 0.1) is 5.82 Å². The average Bonchev–Trinajstić information content (AvgIpc) is 2.98. The van der Waals surface area contributed by atoms with Gasteiger partial charge < -0.3 is 22.1 Å². The number of nitrogens with one attached hydrogen (secondary N) is 2. The summed E-state index contributed by atoms with van der Waals surface area (Å²) < 4.78 is 13.5. The molecule has 204 valence electrons. The number of anilines is 5. The smallest absolute Gasteiger partial charge is 0.253 e. The summed E-state index contributed by atoms with van der Waals surface area (Å²) in [6.45, 7) is 12.2. The van der Waals surface area contributed by atoms with Gasteiger partial charge in [-0.25, -0.2) is 4.39 Å². The first-order valence-corrected chi connectivity index (χ1v) is 12.7. The van der Waals surface area contributed by atoms with Crippen LogP contribution in [-0.2, 0) is 19.4 Å². The number of rotatable bonds is 7. The second-order valence-corrected chi connectivity index (χ2v) is 7.71. The van der Waals surface area contributed by atoms with Gasteiger partial charge in [0.05, 0.1) is 0 Å². The summed E-state index contributed by atoms with van der Waals surface area (Å²) >= 11 is 0. The molecule has 0 radical (unpaired) electrons. The highest BCUT2D eigenvalue weighted by Crippen LogP contribution is 2.19. The molecule has 4 aromatic carbocycles. The van der Waals surface area contributed by atoms with Crippen molar-refractivity contribution in [3.63, 3.8) is 0 Å². The molecule has 0 saturated heterocycles. The van der Waals surface area contributed by atoms with Crippen LogP contribution in [0.4, 0.5) is 32.8 Å². The number of aryl methyl sites for hydroxylation is 2. The van der Waals surface area contributed by atoms with Gasteiger partial charge in [0.2, 0.25) is 0 Å². The zero-order valence-electron chi connectivity index (χ0n) is 22.8. The van der Waals surface area contributed by atoms with Gasteiger partial charge in [-0.3, -0.25) is 19.2 Å². The fraction of sp³-hybridized carbons (Fsp3) is 0.310. The number of hydrogen-bond donors (Lipinski definition) is 4. The molecule has 0 amide bonds. The molecule has 6 N–H and O–H groups in total. The number of halogens is 1. The highest BCUT2D eigenvalue weighted by Gasteiger charge is 2.18. The monoisotopic (exact) mass is 524 g/mol. The molecule has 0 unspecified atom stereocenters. The third-order valence-electron chi connectivity index (χ3n) is 5.47. The predicted octanol–water partition coefficient (Wildman–Crippen LogP) is 4.40. The summed E-state index contributed by atoms with van der Waals surface area (Å²) in [5, 5.41) is 5.57. The SMILES string of the molecule is CC.CC.CCc1ccc(F)c(CNc2c(N)c(=O)c2=O)c1.CCc1cccc(Nc2c(N)c(=O)c2=O)c1. The standard InChI is InChI=1S/C13H13FN2O2.C12H12N2O2.2C2H6/c1-2-7-3-4-9(14)8(5-7)6-16-11-10(15)12(17)13(11)18;1-2-7-4-3-5-8(6-7)14-10-9(13)11(15)12(10)16;2*1-2/h3-5,16H,2,6,15H2,1H3;3-6,14H,2,13H2,1H3;2*1-2H3. The summed E-state index contributed by atoms with van der Waals surface area (Å²) in [4.78, 5) is 44.2. The van der Waals surface area contributed by atoms with Crippen LogP contribution in [0.3, 0.4) is 0 Å². The summed E-state index contributed by atoms with van der Waals surface area (Å²) in [6.07, 6.45) is 1.71. The summed E-state index contributed by atoms with van der Waals surface area (Å²) in [5.74, 6) is -0.350. The fourth-order valence-corrected chi connectivity index (χ4v) is 3.30. The first-order chi connectivity index (χ1) is 18.2. The van der Waals surface area contributed by atoms with Crippen molar-refractivity contribution in [3.8, 4) is 0 Å². The Kier molecular flexibility index (Phi) is 12.6. The Morgan fingerprint density at radius 1 is 0.711 bits per heavy atom.